The summed E-state index contributed by atoms with van der Waals surface area (Å²) < 4.78 is 11.5. The molecule has 0 aromatic heterocycles. The first-order valence-electron chi connectivity index (χ1n) is 21.5. The van der Waals surface area contributed by atoms with Gasteiger partial charge in [0.1, 0.15) is 11.5 Å². The molecule has 0 N–H and O–H groups in total. The van der Waals surface area contributed by atoms with Crippen LogP contribution in [0.15, 0.2) is 107 Å². The quantitative estimate of drug-likeness (QED) is 0.0466. The molecule has 4 nitrogen and oxygen atoms in total. The lowest BCUT2D eigenvalue weighted by Crippen LogP contribution is -1.98. The van der Waals surface area contributed by atoms with Crippen LogP contribution in [0.3, 0.4) is 0 Å². The Morgan fingerprint density at radius 3 is 1.05 bits per heavy atom. The highest BCUT2D eigenvalue weighted by atomic mass is 32.2. The topological polar surface area (TPSA) is 52.6 Å². The van der Waals surface area contributed by atoms with Crippen molar-refractivity contribution < 1.29 is 19.1 Å². The number of unbranched alkanes of at least 4 members (excludes halogenated alkanes) is 12. The molecule has 0 aliphatic carbocycles. The van der Waals surface area contributed by atoms with Crippen molar-refractivity contribution in [1.29, 1.82) is 0 Å². The molecule has 0 spiro atoms. The van der Waals surface area contributed by atoms with Crippen molar-refractivity contribution >= 4 is 33.8 Å². The maximum Gasteiger partial charge on any atom is 0.224 e. The van der Waals surface area contributed by atoms with E-state index < -0.39 is 0 Å². The molecule has 0 aliphatic heterocycles. The second-order valence-electron chi connectivity index (χ2n) is 14.6. The van der Waals surface area contributed by atoms with E-state index >= 15 is 0 Å². The van der Waals surface area contributed by atoms with Gasteiger partial charge in [0.05, 0.1) is 13.2 Å². The standard InChI is InChI=1S/2C25H34O2S/c2*1-3-5-7-8-10-20-27-23-16-14-22(15-17-23)25(26)28-24-18-12-21(13-19-24)11-9-6-4-2/h2*12-19H,3-11,20H2,1-2H3. The summed E-state index contributed by atoms with van der Waals surface area (Å²) in [6.07, 6.45) is 22.0. The third-order valence-corrected chi connectivity index (χ3v) is 11.5. The number of thioether (sulfide) groups is 2. The number of carbonyl (C=O) groups excluding carboxylic acids is 2. The van der Waals surface area contributed by atoms with Gasteiger partial charge in [-0.1, -0.05) is 129 Å². The monoisotopic (exact) mass is 796 g/mol. The summed E-state index contributed by atoms with van der Waals surface area (Å²) >= 11 is 2.58. The molecule has 4 aromatic rings. The van der Waals surface area contributed by atoms with Crippen molar-refractivity contribution in [2.45, 2.75) is 153 Å². The zero-order chi connectivity index (χ0) is 40.1. The lowest BCUT2D eigenvalue weighted by atomic mass is 10.1. The van der Waals surface area contributed by atoms with Gasteiger partial charge >= 0.3 is 0 Å². The second-order valence-corrected chi connectivity index (χ2v) is 16.6. The Hall–Kier alpha value is -3.48. The van der Waals surface area contributed by atoms with Crippen LogP contribution < -0.4 is 9.47 Å². The highest BCUT2D eigenvalue weighted by molar-refractivity contribution is 8.14. The molecule has 4 aromatic carbocycles. The Labute approximate surface area is 348 Å². The highest BCUT2D eigenvalue weighted by Gasteiger charge is 2.10. The number of carbonyl (C=O) groups is 2. The van der Waals surface area contributed by atoms with E-state index in [0.29, 0.717) is 11.1 Å². The molecule has 0 aliphatic rings. The van der Waals surface area contributed by atoms with E-state index in [1.54, 1.807) is 0 Å². The van der Waals surface area contributed by atoms with Gasteiger partial charge in [0.15, 0.2) is 0 Å². The van der Waals surface area contributed by atoms with Gasteiger partial charge in [0.25, 0.3) is 0 Å². The molecule has 304 valence electrons. The van der Waals surface area contributed by atoms with Crippen LogP contribution in [0.2, 0.25) is 0 Å². The highest BCUT2D eigenvalue weighted by Crippen LogP contribution is 2.26. The van der Waals surface area contributed by atoms with Crippen molar-refractivity contribution in [3.63, 3.8) is 0 Å². The molecule has 4 rings (SSSR count). The first-order chi connectivity index (χ1) is 27.4. The van der Waals surface area contributed by atoms with E-state index in [9.17, 15) is 9.59 Å². The van der Waals surface area contributed by atoms with Crippen LogP contribution in [0.4, 0.5) is 0 Å². The van der Waals surface area contributed by atoms with Crippen LogP contribution in [0.25, 0.3) is 0 Å². The number of aryl methyl sites for hydroxylation is 2. The molecule has 0 amide bonds. The lowest BCUT2D eigenvalue weighted by molar-refractivity contribution is 0.108. The Kier molecular flexibility index (Phi) is 24.9. The molecular weight excluding hydrogens is 729 g/mol. The molecule has 0 saturated heterocycles. The third-order valence-electron chi connectivity index (χ3n) is 9.62. The van der Waals surface area contributed by atoms with Gasteiger partial charge in [-0.3, -0.25) is 9.59 Å². The van der Waals surface area contributed by atoms with Crippen LogP contribution in [0.1, 0.15) is 162 Å². The number of benzene rings is 4. The van der Waals surface area contributed by atoms with Crippen molar-refractivity contribution in [2.75, 3.05) is 13.2 Å². The maximum atomic E-state index is 12.5. The van der Waals surface area contributed by atoms with Crippen LogP contribution in [0.5, 0.6) is 11.5 Å². The fourth-order valence-electron chi connectivity index (χ4n) is 6.10. The number of hydrogen-bond donors (Lipinski definition) is 0. The third kappa shape index (κ3) is 20.1. The molecular formula is C50H68O4S2. The fraction of sp³-hybridized carbons (Fsp3) is 0.480. The molecule has 0 radical (unpaired) electrons. The summed E-state index contributed by atoms with van der Waals surface area (Å²) in [5.74, 6) is 1.68. The van der Waals surface area contributed by atoms with Crippen LogP contribution in [-0.2, 0) is 12.8 Å². The maximum absolute atomic E-state index is 12.5. The summed E-state index contributed by atoms with van der Waals surface area (Å²) in [7, 11) is 0. The van der Waals surface area contributed by atoms with Gasteiger partial charge in [-0.2, -0.15) is 0 Å². The first-order valence-corrected chi connectivity index (χ1v) is 23.2. The van der Waals surface area contributed by atoms with Crippen molar-refractivity contribution in [3.8, 4) is 11.5 Å². The molecule has 0 heterocycles. The van der Waals surface area contributed by atoms with E-state index in [0.717, 1.165) is 60.2 Å². The van der Waals surface area contributed by atoms with E-state index in [2.05, 4.69) is 76.2 Å². The Bertz CT molecular complexity index is 1480. The smallest absolute Gasteiger partial charge is 0.224 e. The predicted molar refractivity (Wildman–Crippen MR) is 241 cm³/mol. The number of ether oxygens (including phenoxy) is 2. The molecule has 6 heteroatoms. The normalized spacial score (nSPS) is 10.8. The number of rotatable bonds is 26. The minimum atomic E-state index is 0.0739. The zero-order valence-corrected chi connectivity index (χ0v) is 36.5. The molecule has 0 atom stereocenters. The summed E-state index contributed by atoms with van der Waals surface area (Å²) in [6, 6.07) is 31.8. The average Bonchev–Trinajstić information content (AvgIpc) is 3.22. The molecule has 0 saturated carbocycles. The van der Waals surface area contributed by atoms with Gasteiger partial charge in [0.2, 0.25) is 10.2 Å². The van der Waals surface area contributed by atoms with Crippen molar-refractivity contribution in [3.05, 3.63) is 119 Å². The van der Waals surface area contributed by atoms with Crippen molar-refractivity contribution in [2.24, 2.45) is 0 Å². The second kappa shape index (κ2) is 29.7. The fourth-order valence-corrected chi connectivity index (χ4v) is 7.58. The van der Waals surface area contributed by atoms with Crippen LogP contribution in [0, 0.1) is 0 Å². The van der Waals surface area contributed by atoms with E-state index in [1.807, 2.05) is 48.5 Å². The van der Waals surface area contributed by atoms with Gasteiger partial charge in [-0.15, -0.1) is 0 Å². The lowest BCUT2D eigenvalue weighted by Gasteiger charge is -2.07. The minimum absolute atomic E-state index is 0.0739. The summed E-state index contributed by atoms with van der Waals surface area (Å²) in [5.41, 5.74) is 4.13. The summed E-state index contributed by atoms with van der Waals surface area (Å²) in [5, 5.41) is 0.148. The number of hydrogen-bond acceptors (Lipinski definition) is 6. The predicted octanol–water partition coefficient (Wildman–Crippen LogP) is 15.4. The van der Waals surface area contributed by atoms with Gasteiger partial charge in [-0.25, -0.2) is 0 Å². The van der Waals surface area contributed by atoms with Gasteiger partial charge < -0.3 is 9.47 Å². The minimum Gasteiger partial charge on any atom is -0.494 e. The molecule has 56 heavy (non-hydrogen) atoms. The molecule has 0 unspecified atom stereocenters. The van der Waals surface area contributed by atoms with Gasteiger partial charge in [-0.05, 0) is 146 Å². The van der Waals surface area contributed by atoms with Crippen molar-refractivity contribution in [1.82, 2.24) is 0 Å². The first kappa shape index (κ1) is 46.9. The van der Waals surface area contributed by atoms with E-state index in [4.69, 9.17) is 9.47 Å². The Balaban J connectivity index is 0.000000300. The zero-order valence-electron chi connectivity index (χ0n) is 34.8. The van der Waals surface area contributed by atoms with Gasteiger partial charge in [0, 0.05) is 20.9 Å². The Morgan fingerprint density at radius 1 is 0.393 bits per heavy atom. The molecule has 0 fully saturated rings. The largest absolute Gasteiger partial charge is 0.494 e. The summed E-state index contributed by atoms with van der Waals surface area (Å²) in [6.45, 7) is 10.4. The van der Waals surface area contributed by atoms with E-state index in [-0.39, 0.29) is 10.2 Å². The SMILES string of the molecule is CCCCCCCOc1ccc(C(=O)Sc2ccc(CCCCC)cc2)cc1.CCCCCCCOc1ccc(C(=O)Sc2ccc(CCCCC)cc2)cc1. The van der Waals surface area contributed by atoms with Crippen LogP contribution >= 0.6 is 23.5 Å². The molecule has 0 bridgehead atoms. The Morgan fingerprint density at radius 2 is 0.714 bits per heavy atom. The van der Waals surface area contributed by atoms with E-state index in [1.165, 1.54) is 125 Å². The average molecular weight is 797 g/mol. The summed E-state index contributed by atoms with van der Waals surface area (Å²) in [4.78, 5) is 27.0. The van der Waals surface area contributed by atoms with Crippen LogP contribution in [-0.4, -0.2) is 23.4 Å².